The molecule has 1 rings (SSSR count). The zero-order chi connectivity index (χ0) is 34.8. The molecule has 46 heavy (non-hydrogen) atoms. The molecule has 0 aromatic rings. The van der Waals surface area contributed by atoms with Crippen molar-refractivity contribution in [3.8, 4) is 0 Å². The first-order chi connectivity index (χ1) is 21.6. The molecule has 1 aliphatic rings. The van der Waals surface area contributed by atoms with Crippen LogP contribution in [-0.2, 0) is 43.7 Å². The molecular formula is C37H68O9. The first kappa shape index (κ1) is 42.3. The molecule has 9 heteroatoms. The summed E-state index contributed by atoms with van der Waals surface area (Å²) in [6, 6.07) is 0. The van der Waals surface area contributed by atoms with Crippen molar-refractivity contribution in [2.75, 3.05) is 0 Å². The molecule has 0 aliphatic heterocycles. The lowest BCUT2D eigenvalue weighted by Crippen LogP contribution is -2.46. The van der Waals surface area contributed by atoms with Crippen molar-refractivity contribution in [2.24, 2.45) is 23.7 Å². The van der Waals surface area contributed by atoms with E-state index in [4.69, 9.17) is 29.3 Å². The van der Waals surface area contributed by atoms with E-state index in [0.29, 0.717) is 19.3 Å². The Morgan fingerprint density at radius 1 is 0.522 bits per heavy atom. The number of hydrogen-bond donors (Lipinski definition) is 0. The molecule has 9 nitrogen and oxygen atoms in total. The van der Waals surface area contributed by atoms with Crippen LogP contribution in [0.25, 0.3) is 0 Å². The third-order valence-corrected chi connectivity index (χ3v) is 9.85. The molecule has 270 valence electrons. The number of carbonyl (C=O) groups is 3. The molecular weight excluding hydrogens is 588 g/mol. The standard InChI is InChI=1S/C37H68O9/c1-11-15-20-23-28-26-27-29(24-21-18-16-17-19-22-25-30(38)41-44-35(5,6)12-2)32(34(40)43-46-37(9,10)14-4)31(28)33(39)42-45-36(7,8)13-3/h28-29,31-32H,11-27H2,1-10H3. The Labute approximate surface area is 280 Å². The van der Waals surface area contributed by atoms with Crippen LogP contribution < -0.4 is 0 Å². The Morgan fingerprint density at radius 2 is 0.891 bits per heavy atom. The van der Waals surface area contributed by atoms with Crippen LogP contribution in [0.15, 0.2) is 0 Å². The lowest BCUT2D eigenvalue weighted by atomic mass is 9.64. The van der Waals surface area contributed by atoms with Gasteiger partial charge in [0.1, 0.15) is 16.8 Å². The minimum Gasteiger partial charge on any atom is -0.298 e. The molecule has 0 radical (unpaired) electrons. The van der Waals surface area contributed by atoms with Crippen LogP contribution in [-0.4, -0.2) is 34.7 Å². The molecule has 0 aromatic carbocycles. The summed E-state index contributed by atoms with van der Waals surface area (Å²) in [6.45, 7) is 19.4. The van der Waals surface area contributed by atoms with Crippen LogP contribution in [0.2, 0.25) is 0 Å². The second kappa shape index (κ2) is 21.3. The van der Waals surface area contributed by atoms with Gasteiger partial charge in [0.2, 0.25) is 0 Å². The van der Waals surface area contributed by atoms with Crippen molar-refractivity contribution in [1.82, 2.24) is 0 Å². The van der Waals surface area contributed by atoms with E-state index in [2.05, 4.69) is 6.92 Å². The minimum atomic E-state index is -0.653. The molecule has 0 spiro atoms. The topological polar surface area (TPSA) is 107 Å². The van der Waals surface area contributed by atoms with E-state index in [1.54, 1.807) is 0 Å². The summed E-state index contributed by atoms with van der Waals surface area (Å²) >= 11 is 0. The number of unbranched alkanes of at least 4 members (excludes halogenated alkanes) is 7. The van der Waals surface area contributed by atoms with Crippen LogP contribution in [0.4, 0.5) is 0 Å². The lowest BCUT2D eigenvalue weighted by Gasteiger charge is -2.40. The van der Waals surface area contributed by atoms with Crippen molar-refractivity contribution in [2.45, 2.75) is 195 Å². The minimum absolute atomic E-state index is 0.0119. The van der Waals surface area contributed by atoms with E-state index in [1.807, 2.05) is 62.3 Å². The molecule has 4 atom stereocenters. The lowest BCUT2D eigenvalue weighted by molar-refractivity contribution is -0.337. The highest BCUT2D eigenvalue weighted by Gasteiger charge is 2.49. The maximum Gasteiger partial charge on any atom is 0.346 e. The van der Waals surface area contributed by atoms with Gasteiger partial charge < -0.3 is 0 Å². The van der Waals surface area contributed by atoms with Crippen molar-refractivity contribution < 1.29 is 43.7 Å². The van der Waals surface area contributed by atoms with Gasteiger partial charge in [-0.25, -0.2) is 14.4 Å². The Morgan fingerprint density at radius 3 is 1.30 bits per heavy atom. The van der Waals surface area contributed by atoms with Crippen LogP contribution >= 0.6 is 0 Å². The van der Waals surface area contributed by atoms with Crippen molar-refractivity contribution in [3.05, 3.63) is 0 Å². The summed E-state index contributed by atoms with van der Waals surface area (Å²) in [5, 5.41) is 0. The van der Waals surface area contributed by atoms with E-state index in [1.165, 1.54) is 0 Å². The van der Waals surface area contributed by atoms with Gasteiger partial charge in [0.25, 0.3) is 0 Å². The van der Waals surface area contributed by atoms with Gasteiger partial charge in [-0.2, -0.15) is 14.7 Å². The molecule has 1 fully saturated rings. The quantitative estimate of drug-likeness (QED) is 0.0570. The Kier molecular flexibility index (Phi) is 19.6. The zero-order valence-electron chi connectivity index (χ0n) is 31.0. The van der Waals surface area contributed by atoms with Crippen molar-refractivity contribution in [1.29, 1.82) is 0 Å². The monoisotopic (exact) mass is 656 g/mol. The fraction of sp³-hybridized carbons (Fsp3) is 0.919. The van der Waals surface area contributed by atoms with Crippen molar-refractivity contribution >= 4 is 17.9 Å². The fourth-order valence-corrected chi connectivity index (χ4v) is 5.54. The summed E-state index contributed by atoms with van der Waals surface area (Å²) in [4.78, 5) is 71.8. The summed E-state index contributed by atoms with van der Waals surface area (Å²) < 4.78 is 0. The van der Waals surface area contributed by atoms with Gasteiger partial charge in [-0.1, -0.05) is 79.1 Å². The highest BCUT2D eigenvalue weighted by Crippen LogP contribution is 2.45. The maximum absolute atomic E-state index is 13.8. The number of carbonyl (C=O) groups excluding carboxylic acids is 3. The van der Waals surface area contributed by atoms with Gasteiger partial charge in [0.05, 0.1) is 11.8 Å². The molecule has 0 aromatic heterocycles. The van der Waals surface area contributed by atoms with Gasteiger partial charge >= 0.3 is 17.9 Å². The summed E-state index contributed by atoms with van der Waals surface area (Å²) in [7, 11) is 0. The first-order valence-corrected chi connectivity index (χ1v) is 18.3. The Hall–Kier alpha value is -1.71. The molecule has 0 amide bonds. The van der Waals surface area contributed by atoms with Crippen LogP contribution in [0.3, 0.4) is 0 Å². The van der Waals surface area contributed by atoms with E-state index in [0.717, 1.165) is 89.9 Å². The van der Waals surface area contributed by atoms with Gasteiger partial charge in [-0.15, -0.1) is 0 Å². The predicted molar refractivity (Wildman–Crippen MR) is 179 cm³/mol. The van der Waals surface area contributed by atoms with Gasteiger partial charge in [-0.3, -0.25) is 14.7 Å². The van der Waals surface area contributed by atoms with Gasteiger partial charge in [-0.05, 0) is 105 Å². The SMILES string of the molecule is CCCCCC1CCC(CCCCCCCCC(=O)OOC(C)(C)CC)C(C(=O)OOC(C)(C)CC)C1C(=O)OOC(C)(C)CC. The van der Waals surface area contributed by atoms with E-state index in [-0.39, 0.29) is 17.8 Å². The zero-order valence-corrected chi connectivity index (χ0v) is 31.0. The first-order valence-electron chi connectivity index (χ1n) is 18.3. The predicted octanol–water partition coefficient (Wildman–Crippen LogP) is 9.94. The van der Waals surface area contributed by atoms with Gasteiger partial charge in [0.15, 0.2) is 0 Å². The molecule has 1 saturated carbocycles. The third-order valence-electron chi connectivity index (χ3n) is 9.85. The molecule has 0 bridgehead atoms. The normalized spacial score (nSPS) is 20.7. The van der Waals surface area contributed by atoms with E-state index >= 15 is 0 Å². The van der Waals surface area contributed by atoms with Crippen molar-refractivity contribution in [3.63, 3.8) is 0 Å². The second-order valence-corrected chi connectivity index (χ2v) is 15.2. The van der Waals surface area contributed by atoms with E-state index < -0.39 is 40.6 Å². The Balaban J connectivity index is 2.86. The average molecular weight is 657 g/mol. The highest BCUT2D eigenvalue weighted by molar-refractivity contribution is 5.82. The Bertz CT molecular complexity index is 882. The molecule has 0 saturated heterocycles. The van der Waals surface area contributed by atoms with Crippen LogP contribution in [0.1, 0.15) is 178 Å². The third kappa shape index (κ3) is 16.4. The molecule has 0 heterocycles. The van der Waals surface area contributed by atoms with Crippen LogP contribution in [0.5, 0.6) is 0 Å². The molecule has 0 N–H and O–H groups in total. The molecule has 4 unspecified atom stereocenters. The second-order valence-electron chi connectivity index (χ2n) is 15.2. The molecule has 1 aliphatic carbocycles. The highest BCUT2D eigenvalue weighted by atomic mass is 17.2. The summed E-state index contributed by atoms with van der Waals surface area (Å²) in [6.07, 6.45) is 14.7. The number of rotatable bonds is 24. The number of hydrogen-bond acceptors (Lipinski definition) is 9. The summed E-state index contributed by atoms with van der Waals surface area (Å²) in [5.74, 6) is -2.58. The average Bonchev–Trinajstić information content (AvgIpc) is 3.03. The van der Waals surface area contributed by atoms with E-state index in [9.17, 15) is 14.4 Å². The van der Waals surface area contributed by atoms with Crippen LogP contribution in [0, 0.1) is 23.7 Å². The fourth-order valence-electron chi connectivity index (χ4n) is 5.54. The largest absolute Gasteiger partial charge is 0.346 e. The van der Waals surface area contributed by atoms with Gasteiger partial charge in [0, 0.05) is 6.42 Å². The maximum atomic E-state index is 13.8. The smallest absolute Gasteiger partial charge is 0.298 e. The summed E-state index contributed by atoms with van der Waals surface area (Å²) in [5.41, 5.74) is -1.72.